The van der Waals surface area contributed by atoms with Crippen LogP contribution in [-0.4, -0.2) is 48.1 Å². The zero-order chi connectivity index (χ0) is 11.9. The van der Waals surface area contributed by atoms with Gasteiger partial charge >= 0.3 is 5.97 Å². The molecule has 1 fully saturated rings. The van der Waals surface area contributed by atoms with Crippen LogP contribution in [-0.2, 0) is 14.8 Å². The van der Waals surface area contributed by atoms with Gasteiger partial charge in [0.1, 0.15) is 0 Å². The summed E-state index contributed by atoms with van der Waals surface area (Å²) < 4.78 is 49.0. The van der Waals surface area contributed by atoms with Gasteiger partial charge < -0.3 is 5.11 Å². The third kappa shape index (κ3) is 2.43. The monoisotopic (exact) mass is 243 g/mol. The Bertz CT molecular complexity index is 367. The summed E-state index contributed by atoms with van der Waals surface area (Å²) in [6.45, 7) is -0.284. The Morgan fingerprint density at radius 1 is 1.53 bits per heavy atom. The van der Waals surface area contributed by atoms with E-state index in [1.54, 1.807) is 0 Å². The molecule has 1 aliphatic heterocycles. The van der Waals surface area contributed by atoms with E-state index < -0.39 is 40.1 Å². The van der Waals surface area contributed by atoms with Crippen molar-refractivity contribution < 1.29 is 27.1 Å². The van der Waals surface area contributed by atoms with E-state index in [-0.39, 0.29) is 6.54 Å². The lowest BCUT2D eigenvalue weighted by Gasteiger charge is -2.18. The fraction of sp³-hybridized carbons (Fsp3) is 0.857. The molecular weight excluding hydrogens is 232 g/mol. The molecule has 0 bridgehead atoms. The van der Waals surface area contributed by atoms with Crippen LogP contribution in [0.3, 0.4) is 0 Å². The zero-order valence-corrected chi connectivity index (χ0v) is 8.80. The topological polar surface area (TPSA) is 74.7 Å². The molecule has 1 atom stereocenters. The number of halogens is 2. The molecule has 5 nitrogen and oxygen atoms in total. The number of carbonyl (C=O) groups is 1. The van der Waals surface area contributed by atoms with E-state index in [0.29, 0.717) is 4.31 Å². The fourth-order valence-corrected chi connectivity index (χ4v) is 2.69. The SMILES string of the molecule is CC(C(=O)O)S(=O)(=O)N1CCC(F)(F)C1. The van der Waals surface area contributed by atoms with Crippen molar-refractivity contribution in [2.75, 3.05) is 13.1 Å². The Kier molecular flexibility index (Phi) is 3.01. The summed E-state index contributed by atoms with van der Waals surface area (Å²) in [5, 5.41) is 6.83. The molecule has 0 radical (unpaired) electrons. The van der Waals surface area contributed by atoms with E-state index in [9.17, 15) is 22.0 Å². The summed E-state index contributed by atoms with van der Waals surface area (Å²) >= 11 is 0. The summed E-state index contributed by atoms with van der Waals surface area (Å²) in [5.74, 6) is -4.59. The predicted molar refractivity (Wildman–Crippen MR) is 47.2 cm³/mol. The number of sulfonamides is 1. The number of alkyl halides is 2. The van der Waals surface area contributed by atoms with Gasteiger partial charge in [0.05, 0.1) is 6.54 Å². The quantitative estimate of drug-likeness (QED) is 0.764. The molecule has 88 valence electrons. The van der Waals surface area contributed by atoms with Crippen molar-refractivity contribution in [3.63, 3.8) is 0 Å². The lowest BCUT2D eigenvalue weighted by atomic mass is 10.3. The fourth-order valence-electron chi connectivity index (χ4n) is 1.27. The maximum absolute atomic E-state index is 12.7. The molecule has 15 heavy (non-hydrogen) atoms. The number of aliphatic carboxylic acids is 1. The van der Waals surface area contributed by atoms with Crippen LogP contribution in [0, 0.1) is 0 Å². The van der Waals surface area contributed by atoms with Crippen LogP contribution in [0.1, 0.15) is 13.3 Å². The molecular formula is C7H11F2NO4S. The van der Waals surface area contributed by atoms with Crippen LogP contribution >= 0.6 is 0 Å². The van der Waals surface area contributed by atoms with E-state index in [1.165, 1.54) is 0 Å². The highest BCUT2D eigenvalue weighted by molar-refractivity contribution is 7.90. The molecule has 1 aliphatic rings. The van der Waals surface area contributed by atoms with Gasteiger partial charge in [-0.1, -0.05) is 0 Å². The molecule has 1 N–H and O–H groups in total. The minimum Gasteiger partial charge on any atom is -0.480 e. The van der Waals surface area contributed by atoms with Crippen molar-refractivity contribution in [2.24, 2.45) is 0 Å². The Morgan fingerprint density at radius 2 is 2.07 bits per heavy atom. The molecule has 0 spiro atoms. The van der Waals surface area contributed by atoms with Gasteiger partial charge in [-0.3, -0.25) is 4.79 Å². The number of carboxylic acid groups (broad SMARTS) is 1. The normalized spacial score (nSPS) is 23.9. The first kappa shape index (κ1) is 12.3. The van der Waals surface area contributed by atoms with Crippen LogP contribution in [0.2, 0.25) is 0 Å². The van der Waals surface area contributed by atoms with Gasteiger partial charge in [-0.2, -0.15) is 4.31 Å². The highest BCUT2D eigenvalue weighted by atomic mass is 32.2. The predicted octanol–water partition coefficient (Wildman–Crippen LogP) is 0.130. The molecule has 0 aromatic rings. The lowest BCUT2D eigenvalue weighted by Crippen LogP contribution is -2.40. The molecule has 1 saturated heterocycles. The van der Waals surface area contributed by atoms with E-state index in [0.717, 1.165) is 6.92 Å². The van der Waals surface area contributed by atoms with Gasteiger partial charge in [0.2, 0.25) is 10.0 Å². The first-order valence-corrected chi connectivity index (χ1v) is 5.77. The summed E-state index contributed by atoms with van der Waals surface area (Å²) in [4.78, 5) is 10.5. The standard InChI is InChI=1S/C7H11F2NO4S/c1-5(6(11)12)15(13,14)10-3-2-7(8,9)4-10/h5H,2-4H2,1H3,(H,11,12). The van der Waals surface area contributed by atoms with Crippen LogP contribution in [0.25, 0.3) is 0 Å². The summed E-state index contributed by atoms with van der Waals surface area (Å²) in [6.07, 6.45) is -0.557. The maximum Gasteiger partial charge on any atom is 0.323 e. The van der Waals surface area contributed by atoms with Gasteiger partial charge in [0, 0.05) is 13.0 Å². The lowest BCUT2D eigenvalue weighted by molar-refractivity contribution is -0.136. The number of nitrogens with zero attached hydrogens (tertiary/aromatic N) is 1. The maximum atomic E-state index is 12.7. The second kappa shape index (κ2) is 3.67. The van der Waals surface area contributed by atoms with Crippen LogP contribution in [0.5, 0.6) is 0 Å². The van der Waals surface area contributed by atoms with Crippen molar-refractivity contribution in [3.8, 4) is 0 Å². The minimum absolute atomic E-state index is 0.326. The molecule has 0 aromatic heterocycles. The average molecular weight is 243 g/mol. The highest BCUT2D eigenvalue weighted by Gasteiger charge is 2.46. The second-order valence-corrected chi connectivity index (χ2v) is 5.72. The van der Waals surface area contributed by atoms with Gasteiger partial charge in [-0.25, -0.2) is 17.2 Å². The smallest absolute Gasteiger partial charge is 0.323 e. The van der Waals surface area contributed by atoms with Crippen molar-refractivity contribution in [2.45, 2.75) is 24.5 Å². The van der Waals surface area contributed by atoms with Gasteiger partial charge in [0.25, 0.3) is 5.92 Å². The van der Waals surface area contributed by atoms with E-state index in [2.05, 4.69) is 0 Å². The zero-order valence-electron chi connectivity index (χ0n) is 7.98. The summed E-state index contributed by atoms with van der Waals surface area (Å²) in [7, 11) is -4.16. The molecule has 1 rings (SSSR count). The second-order valence-electron chi connectivity index (χ2n) is 3.46. The molecule has 0 amide bonds. The van der Waals surface area contributed by atoms with E-state index in [1.807, 2.05) is 0 Å². The summed E-state index contributed by atoms with van der Waals surface area (Å²) in [5.41, 5.74) is 0. The van der Waals surface area contributed by atoms with Crippen molar-refractivity contribution in [1.82, 2.24) is 4.31 Å². The molecule has 1 heterocycles. The van der Waals surface area contributed by atoms with Crippen LogP contribution in [0.15, 0.2) is 0 Å². The average Bonchev–Trinajstić information content (AvgIpc) is 2.45. The number of hydrogen-bond donors (Lipinski definition) is 1. The largest absolute Gasteiger partial charge is 0.480 e. The Morgan fingerprint density at radius 3 is 2.40 bits per heavy atom. The third-order valence-electron chi connectivity index (χ3n) is 2.29. The van der Waals surface area contributed by atoms with E-state index >= 15 is 0 Å². The molecule has 1 unspecified atom stereocenters. The van der Waals surface area contributed by atoms with Crippen molar-refractivity contribution in [3.05, 3.63) is 0 Å². The third-order valence-corrected chi connectivity index (χ3v) is 4.42. The minimum atomic E-state index is -4.16. The van der Waals surface area contributed by atoms with Crippen molar-refractivity contribution in [1.29, 1.82) is 0 Å². The van der Waals surface area contributed by atoms with Crippen LogP contribution < -0.4 is 0 Å². The first-order valence-electron chi connectivity index (χ1n) is 4.26. The number of carboxylic acids is 1. The van der Waals surface area contributed by atoms with Gasteiger partial charge in [-0.05, 0) is 6.92 Å². The molecule has 0 saturated carbocycles. The Labute approximate surface area is 85.7 Å². The molecule has 0 aliphatic carbocycles. The Balaban J connectivity index is 2.86. The summed E-state index contributed by atoms with van der Waals surface area (Å²) in [6, 6.07) is 0. The number of rotatable bonds is 3. The van der Waals surface area contributed by atoms with Crippen molar-refractivity contribution >= 4 is 16.0 Å². The Hall–Kier alpha value is -0.760. The van der Waals surface area contributed by atoms with E-state index in [4.69, 9.17) is 5.11 Å². The first-order chi connectivity index (χ1) is 6.67. The van der Waals surface area contributed by atoms with Crippen LogP contribution in [0.4, 0.5) is 8.78 Å². The van der Waals surface area contributed by atoms with Gasteiger partial charge in [-0.15, -0.1) is 0 Å². The van der Waals surface area contributed by atoms with Gasteiger partial charge in [0.15, 0.2) is 5.25 Å². The molecule has 0 aromatic carbocycles. The molecule has 8 heteroatoms. The highest BCUT2D eigenvalue weighted by Crippen LogP contribution is 2.29. The number of hydrogen-bond acceptors (Lipinski definition) is 3.